The molecule has 2 nitrogen and oxygen atoms in total. The van der Waals surface area contributed by atoms with Crippen molar-refractivity contribution in [2.75, 3.05) is 31.1 Å². The molecule has 1 N–H and O–H groups in total. The van der Waals surface area contributed by atoms with E-state index in [1.807, 2.05) is 11.8 Å². The van der Waals surface area contributed by atoms with E-state index in [1.54, 1.807) is 0 Å². The second kappa shape index (κ2) is 8.09. The summed E-state index contributed by atoms with van der Waals surface area (Å²) in [5.74, 6) is 0. The molecule has 0 radical (unpaired) electrons. The molecule has 3 rings (SSSR count). The van der Waals surface area contributed by atoms with E-state index in [2.05, 4.69) is 67.4 Å². The van der Waals surface area contributed by atoms with Gasteiger partial charge in [0.1, 0.15) is 0 Å². The van der Waals surface area contributed by atoms with Crippen LogP contribution in [0.1, 0.15) is 30.0 Å². The van der Waals surface area contributed by atoms with Crippen LogP contribution >= 0.6 is 11.8 Å². The smallest absolute Gasteiger partial charge is 0.0508 e. The number of benzene rings is 2. The molecule has 1 fully saturated rings. The topological polar surface area (TPSA) is 15.3 Å². The van der Waals surface area contributed by atoms with Gasteiger partial charge in [-0.1, -0.05) is 43.3 Å². The molecule has 24 heavy (non-hydrogen) atoms. The molecule has 0 aliphatic carbocycles. The maximum Gasteiger partial charge on any atom is 0.0508 e. The van der Waals surface area contributed by atoms with Crippen LogP contribution in [-0.4, -0.2) is 26.2 Å². The van der Waals surface area contributed by atoms with Crippen molar-refractivity contribution in [1.29, 1.82) is 0 Å². The monoisotopic (exact) mass is 340 g/mol. The summed E-state index contributed by atoms with van der Waals surface area (Å²) in [6.45, 7) is 11.1. The molecule has 128 valence electrons. The van der Waals surface area contributed by atoms with Gasteiger partial charge in [-0.2, -0.15) is 0 Å². The van der Waals surface area contributed by atoms with Crippen LogP contribution in [0, 0.1) is 13.8 Å². The van der Waals surface area contributed by atoms with E-state index >= 15 is 0 Å². The van der Waals surface area contributed by atoms with Crippen molar-refractivity contribution < 1.29 is 0 Å². The summed E-state index contributed by atoms with van der Waals surface area (Å²) in [6, 6.07) is 13.4. The highest BCUT2D eigenvalue weighted by Gasteiger charge is 2.16. The molecule has 1 saturated heterocycles. The molecule has 1 aliphatic heterocycles. The van der Waals surface area contributed by atoms with E-state index in [0.717, 1.165) is 26.2 Å². The second-order valence-electron chi connectivity index (χ2n) is 6.54. The first kappa shape index (κ1) is 17.4. The Kier molecular flexibility index (Phi) is 5.85. The Morgan fingerprint density at radius 1 is 1.00 bits per heavy atom. The summed E-state index contributed by atoms with van der Waals surface area (Å²) in [5, 5.41) is 3.44. The molecule has 1 heterocycles. The van der Waals surface area contributed by atoms with E-state index in [9.17, 15) is 0 Å². The number of hydrogen-bond acceptors (Lipinski definition) is 3. The third kappa shape index (κ3) is 3.79. The van der Waals surface area contributed by atoms with Crippen molar-refractivity contribution in [2.24, 2.45) is 0 Å². The number of piperazine rings is 1. The summed E-state index contributed by atoms with van der Waals surface area (Å²) in [4.78, 5) is 5.27. The zero-order chi connectivity index (χ0) is 16.9. The molecule has 0 aromatic heterocycles. The number of para-hydroxylation sites is 1. The van der Waals surface area contributed by atoms with Gasteiger partial charge in [0.25, 0.3) is 0 Å². The van der Waals surface area contributed by atoms with Crippen LogP contribution in [0.4, 0.5) is 5.69 Å². The van der Waals surface area contributed by atoms with Crippen LogP contribution in [-0.2, 0) is 6.42 Å². The van der Waals surface area contributed by atoms with E-state index in [4.69, 9.17) is 0 Å². The minimum atomic E-state index is 1.07. The summed E-state index contributed by atoms with van der Waals surface area (Å²) in [5.41, 5.74) is 5.79. The van der Waals surface area contributed by atoms with Gasteiger partial charge >= 0.3 is 0 Å². The van der Waals surface area contributed by atoms with E-state index < -0.39 is 0 Å². The van der Waals surface area contributed by atoms with Crippen molar-refractivity contribution >= 4 is 17.4 Å². The third-order valence-electron chi connectivity index (χ3n) is 4.83. The summed E-state index contributed by atoms with van der Waals surface area (Å²) < 4.78 is 0. The maximum absolute atomic E-state index is 3.44. The fraction of sp³-hybridized carbons (Fsp3) is 0.429. The molecule has 1 aliphatic rings. The zero-order valence-corrected chi connectivity index (χ0v) is 15.9. The van der Waals surface area contributed by atoms with Crippen LogP contribution in [0.2, 0.25) is 0 Å². The molecular weight excluding hydrogens is 312 g/mol. The molecule has 2 aromatic rings. The molecule has 0 atom stereocenters. The van der Waals surface area contributed by atoms with Crippen LogP contribution in [0.15, 0.2) is 46.2 Å². The molecular formula is C21H28N2S. The third-order valence-corrected chi connectivity index (χ3v) is 6.05. The lowest BCUT2D eigenvalue weighted by molar-refractivity contribution is 0.587. The molecule has 0 bridgehead atoms. The molecule has 3 heteroatoms. The van der Waals surface area contributed by atoms with Crippen LogP contribution in [0.3, 0.4) is 0 Å². The van der Waals surface area contributed by atoms with Crippen molar-refractivity contribution in [2.45, 2.75) is 43.4 Å². The van der Waals surface area contributed by atoms with Gasteiger partial charge in [-0.05, 0) is 55.2 Å². The van der Waals surface area contributed by atoms with Gasteiger partial charge in [0, 0.05) is 36.0 Å². The fourth-order valence-corrected chi connectivity index (χ4v) is 4.54. The maximum atomic E-state index is 3.44. The van der Waals surface area contributed by atoms with Crippen LogP contribution in [0.25, 0.3) is 0 Å². The average Bonchev–Trinajstić information content (AvgIpc) is 2.62. The lowest BCUT2D eigenvalue weighted by Crippen LogP contribution is -2.43. The van der Waals surface area contributed by atoms with Crippen molar-refractivity contribution in [3.8, 4) is 0 Å². The average molecular weight is 341 g/mol. The quantitative estimate of drug-likeness (QED) is 0.840. The highest BCUT2D eigenvalue weighted by atomic mass is 32.2. The van der Waals surface area contributed by atoms with Crippen molar-refractivity contribution in [3.05, 3.63) is 53.1 Å². The predicted octanol–water partition coefficient (Wildman–Crippen LogP) is 4.82. The van der Waals surface area contributed by atoms with Gasteiger partial charge in [-0.25, -0.2) is 0 Å². The lowest BCUT2D eigenvalue weighted by Gasteiger charge is -2.31. The van der Waals surface area contributed by atoms with Gasteiger partial charge in [0.2, 0.25) is 0 Å². The number of nitrogens with one attached hydrogen (secondary N) is 1. The van der Waals surface area contributed by atoms with E-state index in [-0.39, 0.29) is 0 Å². The largest absolute Gasteiger partial charge is 0.368 e. The Morgan fingerprint density at radius 2 is 1.75 bits per heavy atom. The van der Waals surface area contributed by atoms with Crippen LogP contribution in [0.5, 0.6) is 0 Å². The van der Waals surface area contributed by atoms with E-state index in [0.29, 0.717) is 0 Å². The SMILES string of the molecule is CCCc1c(C)ccc(Sc2ccccc2N2CCNCC2)c1C. The van der Waals surface area contributed by atoms with E-state index in [1.165, 1.54) is 45.0 Å². The Balaban J connectivity index is 1.90. The number of aryl methyl sites for hydroxylation is 1. The lowest BCUT2D eigenvalue weighted by atomic mass is 9.99. The zero-order valence-electron chi connectivity index (χ0n) is 15.1. The molecule has 0 spiro atoms. The Morgan fingerprint density at radius 3 is 2.50 bits per heavy atom. The first-order chi connectivity index (χ1) is 11.7. The van der Waals surface area contributed by atoms with Crippen LogP contribution < -0.4 is 10.2 Å². The van der Waals surface area contributed by atoms with Gasteiger partial charge < -0.3 is 10.2 Å². The Labute approximate surface area is 150 Å². The predicted molar refractivity (Wildman–Crippen MR) is 106 cm³/mol. The summed E-state index contributed by atoms with van der Waals surface area (Å²) >= 11 is 1.92. The first-order valence-corrected chi connectivity index (χ1v) is 9.84. The Bertz CT molecular complexity index is 690. The highest BCUT2D eigenvalue weighted by molar-refractivity contribution is 7.99. The summed E-state index contributed by atoms with van der Waals surface area (Å²) in [7, 11) is 0. The summed E-state index contributed by atoms with van der Waals surface area (Å²) in [6.07, 6.45) is 2.37. The number of rotatable bonds is 5. The minimum absolute atomic E-state index is 1.07. The van der Waals surface area contributed by atoms with Gasteiger partial charge in [-0.3, -0.25) is 0 Å². The van der Waals surface area contributed by atoms with Gasteiger partial charge in [-0.15, -0.1) is 0 Å². The Hall–Kier alpha value is -1.45. The molecule has 2 aromatic carbocycles. The minimum Gasteiger partial charge on any atom is -0.368 e. The molecule has 0 saturated carbocycles. The first-order valence-electron chi connectivity index (χ1n) is 9.02. The standard InChI is InChI=1S/C21H28N2S/c1-4-7-18-16(2)10-11-20(17(18)3)24-21-9-6-5-8-19(21)23-14-12-22-13-15-23/h5-6,8-11,22H,4,7,12-15H2,1-3H3. The highest BCUT2D eigenvalue weighted by Crippen LogP contribution is 2.38. The van der Waals surface area contributed by atoms with Gasteiger partial charge in [0.05, 0.1) is 5.69 Å². The number of anilines is 1. The molecule has 0 amide bonds. The number of hydrogen-bond donors (Lipinski definition) is 1. The second-order valence-corrected chi connectivity index (χ2v) is 7.62. The van der Waals surface area contributed by atoms with Gasteiger partial charge in [0.15, 0.2) is 0 Å². The van der Waals surface area contributed by atoms with Crippen molar-refractivity contribution in [3.63, 3.8) is 0 Å². The fourth-order valence-electron chi connectivity index (χ4n) is 3.44. The molecule has 0 unspecified atom stereocenters. The van der Waals surface area contributed by atoms with Crippen molar-refractivity contribution in [1.82, 2.24) is 5.32 Å². The normalized spacial score (nSPS) is 14.9. The number of nitrogens with zero attached hydrogens (tertiary/aromatic N) is 1.